The van der Waals surface area contributed by atoms with Gasteiger partial charge < -0.3 is 9.64 Å². The summed E-state index contributed by atoms with van der Waals surface area (Å²) < 4.78 is 7.47. The first-order valence-electron chi connectivity index (χ1n) is 7.76. The number of nitrogens with zero attached hydrogens (tertiary/aromatic N) is 5. The summed E-state index contributed by atoms with van der Waals surface area (Å²) in [5.74, 6) is 1.70. The SMILES string of the molecule is Cc1nnc2ccc(N(C)CCCOCc3ccccc3)nn12. The van der Waals surface area contributed by atoms with Gasteiger partial charge in [0.25, 0.3) is 0 Å². The number of aromatic nitrogens is 4. The number of rotatable bonds is 7. The first kappa shape index (κ1) is 15.4. The molecule has 3 rings (SSSR count). The second-order valence-electron chi connectivity index (χ2n) is 5.52. The summed E-state index contributed by atoms with van der Waals surface area (Å²) in [6, 6.07) is 14.1. The van der Waals surface area contributed by atoms with Gasteiger partial charge in [-0.3, -0.25) is 0 Å². The van der Waals surface area contributed by atoms with Crippen molar-refractivity contribution in [1.29, 1.82) is 0 Å². The fourth-order valence-corrected chi connectivity index (χ4v) is 2.37. The van der Waals surface area contributed by atoms with Crippen LogP contribution in [0, 0.1) is 6.92 Å². The van der Waals surface area contributed by atoms with Gasteiger partial charge in [-0.1, -0.05) is 30.3 Å². The maximum absolute atomic E-state index is 5.71. The van der Waals surface area contributed by atoms with Gasteiger partial charge in [0.2, 0.25) is 0 Å². The van der Waals surface area contributed by atoms with Crippen molar-refractivity contribution in [2.75, 3.05) is 25.1 Å². The van der Waals surface area contributed by atoms with E-state index in [1.165, 1.54) is 5.56 Å². The zero-order valence-electron chi connectivity index (χ0n) is 13.5. The molecule has 0 amide bonds. The summed E-state index contributed by atoms with van der Waals surface area (Å²) in [4.78, 5) is 2.12. The van der Waals surface area contributed by atoms with E-state index in [4.69, 9.17) is 4.74 Å². The lowest BCUT2D eigenvalue weighted by Crippen LogP contribution is -2.21. The normalized spacial score (nSPS) is 11.0. The largest absolute Gasteiger partial charge is 0.377 e. The Balaban J connectivity index is 1.46. The van der Waals surface area contributed by atoms with Crippen LogP contribution in [0.25, 0.3) is 5.65 Å². The van der Waals surface area contributed by atoms with Crippen molar-refractivity contribution in [2.45, 2.75) is 20.0 Å². The van der Waals surface area contributed by atoms with E-state index in [-0.39, 0.29) is 0 Å². The minimum atomic E-state index is 0.661. The van der Waals surface area contributed by atoms with Crippen LogP contribution in [-0.4, -0.2) is 40.0 Å². The molecule has 3 aromatic rings. The van der Waals surface area contributed by atoms with Crippen LogP contribution in [0.5, 0.6) is 0 Å². The zero-order valence-corrected chi connectivity index (χ0v) is 13.5. The minimum Gasteiger partial charge on any atom is -0.377 e. The van der Waals surface area contributed by atoms with E-state index in [1.807, 2.05) is 44.3 Å². The molecule has 0 aliphatic heterocycles. The van der Waals surface area contributed by atoms with Crippen LogP contribution >= 0.6 is 0 Å². The molecule has 6 nitrogen and oxygen atoms in total. The molecule has 0 atom stereocenters. The first-order valence-corrected chi connectivity index (χ1v) is 7.76. The molecule has 0 spiro atoms. The Morgan fingerprint density at radius 1 is 1.09 bits per heavy atom. The second kappa shape index (κ2) is 7.19. The third-order valence-electron chi connectivity index (χ3n) is 3.69. The smallest absolute Gasteiger partial charge is 0.178 e. The number of ether oxygens (including phenoxy) is 1. The van der Waals surface area contributed by atoms with Gasteiger partial charge in [-0.05, 0) is 31.0 Å². The van der Waals surface area contributed by atoms with Gasteiger partial charge in [-0.2, -0.15) is 4.52 Å². The van der Waals surface area contributed by atoms with E-state index in [1.54, 1.807) is 4.52 Å². The van der Waals surface area contributed by atoms with Gasteiger partial charge in [0.1, 0.15) is 5.82 Å². The molecule has 120 valence electrons. The van der Waals surface area contributed by atoms with Crippen LogP contribution in [0.3, 0.4) is 0 Å². The van der Waals surface area contributed by atoms with Crippen LogP contribution in [0.4, 0.5) is 5.82 Å². The third kappa shape index (κ3) is 3.84. The summed E-state index contributed by atoms with van der Waals surface area (Å²) in [6.07, 6.45) is 0.949. The van der Waals surface area contributed by atoms with E-state index >= 15 is 0 Å². The fourth-order valence-electron chi connectivity index (χ4n) is 2.37. The predicted molar refractivity (Wildman–Crippen MR) is 89.5 cm³/mol. The van der Waals surface area contributed by atoms with Gasteiger partial charge in [0, 0.05) is 20.2 Å². The van der Waals surface area contributed by atoms with E-state index < -0.39 is 0 Å². The summed E-state index contributed by atoms with van der Waals surface area (Å²) in [5.41, 5.74) is 1.97. The summed E-state index contributed by atoms with van der Waals surface area (Å²) in [7, 11) is 2.03. The van der Waals surface area contributed by atoms with E-state index in [0.717, 1.165) is 36.9 Å². The van der Waals surface area contributed by atoms with Crippen molar-refractivity contribution in [1.82, 2.24) is 19.8 Å². The van der Waals surface area contributed by atoms with Crippen molar-refractivity contribution in [3.05, 3.63) is 53.9 Å². The lowest BCUT2D eigenvalue weighted by Gasteiger charge is -2.17. The average Bonchev–Trinajstić information content (AvgIpc) is 2.96. The number of anilines is 1. The molecule has 1 aromatic carbocycles. The Hall–Kier alpha value is -2.47. The summed E-state index contributed by atoms with van der Waals surface area (Å²) >= 11 is 0. The van der Waals surface area contributed by atoms with Crippen LogP contribution in [-0.2, 0) is 11.3 Å². The van der Waals surface area contributed by atoms with Crippen molar-refractivity contribution in [2.24, 2.45) is 0 Å². The molecule has 0 unspecified atom stereocenters. The topological polar surface area (TPSA) is 55.5 Å². The minimum absolute atomic E-state index is 0.661. The molecule has 0 aliphatic carbocycles. The van der Waals surface area contributed by atoms with E-state index in [9.17, 15) is 0 Å². The zero-order chi connectivity index (χ0) is 16.1. The quantitative estimate of drug-likeness (QED) is 0.627. The molecule has 0 saturated heterocycles. The monoisotopic (exact) mass is 311 g/mol. The lowest BCUT2D eigenvalue weighted by atomic mass is 10.2. The Labute approximate surface area is 135 Å². The Bertz CT molecular complexity index is 756. The Morgan fingerprint density at radius 3 is 2.74 bits per heavy atom. The lowest BCUT2D eigenvalue weighted by molar-refractivity contribution is 0.119. The van der Waals surface area contributed by atoms with Gasteiger partial charge in [-0.15, -0.1) is 15.3 Å². The maximum atomic E-state index is 5.71. The van der Waals surface area contributed by atoms with Crippen LogP contribution < -0.4 is 4.90 Å². The number of aryl methyl sites for hydroxylation is 1. The van der Waals surface area contributed by atoms with Crippen molar-refractivity contribution in [3.63, 3.8) is 0 Å². The highest BCUT2D eigenvalue weighted by Gasteiger charge is 2.07. The molecule has 6 heteroatoms. The van der Waals surface area contributed by atoms with E-state index in [0.29, 0.717) is 6.61 Å². The van der Waals surface area contributed by atoms with Gasteiger partial charge >= 0.3 is 0 Å². The van der Waals surface area contributed by atoms with Crippen LogP contribution in [0.2, 0.25) is 0 Å². The van der Waals surface area contributed by atoms with Crippen LogP contribution in [0.1, 0.15) is 17.8 Å². The molecule has 0 bridgehead atoms. The second-order valence-corrected chi connectivity index (χ2v) is 5.52. The first-order chi connectivity index (χ1) is 11.2. The highest BCUT2D eigenvalue weighted by Crippen LogP contribution is 2.11. The molecule has 2 heterocycles. The number of hydrogen-bond acceptors (Lipinski definition) is 5. The predicted octanol–water partition coefficient (Wildman–Crippen LogP) is 2.48. The standard InChI is InChI=1S/C17H21N5O/c1-14-18-19-16-9-10-17(20-22(14)16)21(2)11-6-12-23-13-15-7-4-3-5-8-15/h3-5,7-10H,6,11-13H2,1-2H3. The van der Waals surface area contributed by atoms with Gasteiger partial charge in [0.15, 0.2) is 11.5 Å². The van der Waals surface area contributed by atoms with Crippen molar-refractivity contribution >= 4 is 11.5 Å². The molecule has 0 N–H and O–H groups in total. The molecule has 0 fully saturated rings. The molecular formula is C17H21N5O. The van der Waals surface area contributed by atoms with Gasteiger partial charge in [-0.25, -0.2) is 0 Å². The highest BCUT2D eigenvalue weighted by atomic mass is 16.5. The highest BCUT2D eigenvalue weighted by molar-refractivity contribution is 5.45. The van der Waals surface area contributed by atoms with Crippen molar-refractivity contribution < 1.29 is 4.74 Å². The molecule has 0 saturated carbocycles. The van der Waals surface area contributed by atoms with Gasteiger partial charge in [0.05, 0.1) is 6.61 Å². The third-order valence-corrected chi connectivity index (χ3v) is 3.69. The molecule has 0 radical (unpaired) electrons. The molecular weight excluding hydrogens is 290 g/mol. The molecule has 0 aliphatic rings. The summed E-state index contributed by atoms with van der Waals surface area (Å²) in [5, 5.41) is 12.6. The number of hydrogen-bond donors (Lipinski definition) is 0. The van der Waals surface area contributed by atoms with Crippen LogP contribution in [0.15, 0.2) is 42.5 Å². The Morgan fingerprint density at radius 2 is 1.91 bits per heavy atom. The number of fused-ring (bicyclic) bond motifs is 1. The van der Waals surface area contributed by atoms with E-state index in [2.05, 4.69) is 32.3 Å². The Kier molecular flexibility index (Phi) is 4.83. The maximum Gasteiger partial charge on any atom is 0.178 e. The fraction of sp³-hybridized carbons (Fsp3) is 0.353. The summed E-state index contributed by atoms with van der Waals surface area (Å²) in [6.45, 7) is 4.17. The van der Waals surface area contributed by atoms with Crippen molar-refractivity contribution in [3.8, 4) is 0 Å². The molecule has 23 heavy (non-hydrogen) atoms. The molecule has 2 aromatic heterocycles. The number of benzene rings is 1. The average molecular weight is 311 g/mol.